The second-order valence-corrected chi connectivity index (χ2v) is 8.89. The summed E-state index contributed by atoms with van der Waals surface area (Å²) < 4.78 is 40.0. The van der Waals surface area contributed by atoms with Gasteiger partial charge in [0.25, 0.3) is 0 Å². The van der Waals surface area contributed by atoms with Crippen molar-refractivity contribution < 1.29 is 34.4 Å². The van der Waals surface area contributed by atoms with Crippen LogP contribution in [0.5, 0.6) is 0 Å². The highest BCUT2D eigenvalue weighted by atomic mass is 127. The molecule has 0 saturated carbocycles. The minimum Gasteiger partial charge on any atom is -0.166 e. The summed E-state index contributed by atoms with van der Waals surface area (Å²) in [6.45, 7) is 6.43. The first kappa shape index (κ1) is 16.3. The summed E-state index contributed by atoms with van der Waals surface area (Å²) in [7, 11) is 0. The van der Waals surface area contributed by atoms with Gasteiger partial charge in [-0.05, 0) is 35.2 Å². The summed E-state index contributed by atoms with van der Waals surface area (Å²) in [6.07, 6.45) is -4.27. The van der Waals surface area contributed by atoms with Crippen molar-refractivity contribution in [1.29, 1.82) is 0 Å². The Morgan fingerprint density at radius 3 is 1.90 bits per heavy atom. The van der Waals surface area contributed by atoms with Crippen LogP contribution in [0.15, 0.2) is 48.5 Å². The zero-order valence-corrected chi connectivity index (χ0v) is 14.3. The first-order valence-corrected chi connectivity index (χ1v) is 8.75. The summed E-state index contributed by atoms with van der Waals surface area (Å²) >= 11 is -0.586. The van der Waals surface area contributed by atoms with Crippen LogP contribution in [0.2, 0.25) is 0 Å². The Kier molecular flexibility index (Phi) is 4.66. The second kappa shape index (κ2) is 5.99. The van der Waals surface area contributed by atoms with Crippen LogP contribution in [0.1, 0.15) is 31.9 Å². The lowest BCUT2D eigenvalue weighted by Gasteiger charge is -2.18. The summed E-state index contributed by atoms with van der Waals surface area (Å²) in [4.78, 5) is 0. The van der Waals surface area contributed by atoms with Crippen LogP contribution in [-0.2, 0) is 11.6 Å². The van der Waals surface area contributed by atoms with E-state index in [1.165, 1.54) is 17.7 Å². The van der Waals surface area contributed by atoms with Gasteiger partial charge in [0.15, 0.2) is 7.14 Å². The van der Waals surface area contributed by atoms with E-state index >= 15 is 0 Å². The molecule has 0 atom stereocenters. The second-order valence-electron chi connectivity index (χ2n) is 5.86. The van der Waals surface area contributed by atoms with Crippen LogP contribution >= 0.6 is 0 Å². The van der Waals surface area contributed by atoms with E-state index in [2.05, 4.69) is 32.9 Å². The quantitative estimate of drug-likeness (QED) is 0.672. The van der Waals surface area contributed by atoms with E-state index in [1.54, 1.807) is 6.07 Å². The number of alkyl halides is 3. The Labute approximate surface area is 133 Å². The first-order chi connectivity index (χ1) is 9.66. The highest BCUT2D eigenvalue weighted by Gasteiger charge is 2.32. The summed E-state index contributed by atoms with van der Waals surface area (Å²) in [6, 6.07) is 13.9. The minimum atomic E-state index is -4.27. The van der Waals surface area contributed by atoms with E-state index in [9.17, 15) is 13.2 Å². The molecule has 2 aromatic rings. The summed E-state index contributed by atoms with van der Waals surface area (Å²) in [5.74, 6) is 0. The average molecular weight is 405 g/mol. The van der Waals surface area contributed by atoms with E-state index < -0.39 is 32.9 Å². The molecule has 0 heterocycles. The zero-order chi connectivity index (χ0) is 15.7. The van der Waals surface area contributed by atoms with Crippen LogP contribution in [0.4, 0.5) is 13.2 Å². The molecule has 0 bridgehead atoms. The molecule has 0 unspecified atom stereocenters. The van der Waals surface area contributed by atoms with Gasteiger partial charge in [-0.1, -0.05) is 39.0 Å². The van der Waals surface area contributed by atoms with Gasteiger partial charge in [-0.25, -0.2) is 0 Å². The van der Waals surface area contributed by atoms with E-state index in [1.807, 2.05) is 12.1 Å². The zero-order valence-electron chi connectivity index (χ0n) is 12.1. The molecule has 2 rings (SSSR count). The number of benzene rings is 2. The Morgan fingerprint density at radius 2 is 1.38 bits per heavy atom. The standard InChI is InChI=1S/C17H17F3I/c1-16(2,3)12-7-9-14(10-8-12)21-15-6-4-5-13(11-15)17(18,19)20/h4-11H,1-3H3/q+1. The molecule has 4 heteroatoms. The Bertz CT molecular complexity index is 607. The molecule has 0 radical (unpaired) electrons. The fraction of sp³-hybridized carbons (Fsp3) is 0.294. The molecule has 0 saturated heterocycles. The summed E-state index contributed by atoms with van der Waals surface area (Å²) in [5, 5.41) is 0. The number of halogens is 4. The van der Waals surface area contributed by atoms with Crippen LogP contribution in [0.3, 0.4) is 0 Å². The van der Waals surface area contributed by atoms with Crippen LogP contribution in [0, 0.1) is 7.14 Å². The number of hydrogen-bond acceptors (Lipinski definition) is 0. The SMILES string of the molecule is CC(C)(C)c1ccc([I+]c2cccc(C(F)(F)F)c2)cc1. The van der Waals surface area contributed by atoms with E-state index in [-0.39, 0.29) is 5.41 Å². The molecule has 112 valence electrons. The highest BCUT2D eigenvalue weighted by molar-refractivity contribution is 5.22. The number of hydrogen-bond donors (Lipinski definition) is 0. The molecule has 21 heavy (non-hydrogen) atoms. The molecule has 2 aromatic carbocycles. The minimum absolute atomic E-state index is 0.0903. The Balaban J connectivity index is 2.19. The third-order valence-electron chi connectivity index (χ3n) is 3.08. The maximum atomic E-state index is 12.7. The van der Waals surface area contributed by atoms with Crippen molar-refractivity contribution in [2.75, 3.05) is 0 Å². The lowest BCUT2D eigenvalue weighted by Crippen LogP contribution is -3.61. The van der Waals surface area contributed by atoms with Gasteiger partial charge in [0, 0.05) is 6.07 Å². The van der Waals surface area contributed by atoms with E-state index in [0.29, 0.717) is 0 Å². The van der Waals surface area contributed by atoms with Crippen molar-refractivity contribution in [1.82, 2.24) is 0 Å². The van der Waals surface area contributed by atoms with Crippen LogP contribution in [-0.4, -0.2) is 0 Å². The molecule has 0 aliphatic heterocycles. The summed E-state index contributed by atoms with van der Waals surface area (Å²) in [5.41, 5.74) is 0.762. The highest BCUT2D eigenvalue weighted by Crippen LogP contribution is 2.28. The first-order valence-electron chi connectivity index (χ1n) is 6.59. The molecule has 0 N–H and O–H groups in total. The van der Waals surface area contributed by atoms with Gasteiger partial charge in [0.05, 0.1) is 5.56 Å². The predicted octanol–water partition coefficient (Wildman–Crippen LogP) is 2.13. The van der Waals surface area contributed by atoms with Gasteiger partial charge < -0.3 is 0 Å². The Hall–Kier alpha value is -1.04. The average Bonchev–Trinajstić information content (AvgIpc) is 2.37. The van der Waals surface area contributed by atoms with Crippen LogP contribution in [0.25, 0.3) is 0 Å². The molecular formula is C17H17F3I+. The van der Waals surface area contributed by atoms with E-state index in [0.717, 1.165) is 13.2 Å². The van der Waals surface area contributed by atoms with Crippen molar-refractivity contribution >= 4 is 0 Å². The maximum Gasteiger partial charge on any atom is 0.416 e. The van der Waals surface area contributed by atoms with Crippen molar-refractivity contribution in [2.24, 2.45) is 0 Å². The van der Waals surface area contributed by atoms with Gasteiger partial charge in [-0.2, -0.15) is 13.2 Å². The molecule has 0 aromatic heterocycles. The molecule has 0 amide bonds. The third-order valence-corrected chi connectivity index (χ3v) is 5.72. The maximum absolute atomic E-state index is 12.7. The number of rotatable bonds is 2. The van der Waals surface area contributed by atoms with Crippen molar-refractivity contribution in [2.45, 2.75) is 32.4 Å². The third kappa shape index (κ3) is 4.46. The van der Waals surface area contributed by atoms with Gasteiger partial charge in [-0.3, -0.25) is 0 Å². The monoisotopic (exact) mass is 405 g/mol. The molecule has 0 aliphatic rings. The molecular weight excluding hydrogens is 388 g/mol. The van der Waals surface area contributed by atoms with E-state index in [4.69, 9.17) is 0 Å². The molecule has 0 nitrogen and oxygen atoms in total. The molecule has 0 spiro atoms. The van der Waals surface area contributed by atoms with Gasteiger partial charge in [-0.15, -0.1) is 0 Å². The van der Waals surface area contributed by atoms with Crippen molar-refractivity contribution in [3.63, 3.8) is 0 Å². The lowest BCUT2D eigenvalue weighted by molar-refractivity contribution is -0.597. The lowest BCUT2D eigenvalue weighted by atomic mass is 9.87. The topological polar surface area (TPSA) is 0 Å². The van der Waals surface area contributed by atoms with Gasteiger partial charge >= 0.3 is 27.4 Å². The largest absolute Gasteiger partial charge is 0.416 e. The molecule has 0 fully saturated rings. The normalized spacial score (nSPS) is 12.5. The fourth-order valence-electron chi connectivity index (χ4n) is 1.86. The van der Waals surface area contributed by atoms with Crippen molar-refractivity contribution in [3.05, 3.63) is 66.8 Å². The van der Waals surface area contributed by atoms with Gasteiger partial charge in [0.1, 0.15) is 0 Å². The molecule has 0 aliphatic carbocycles. The smallest absolute Gasteiger partial charge is 0.166 e. The Morgan fingerprint density at radius 1 is 0.762 bits per heavy atom. The van der Waals surface area contributed by atoms with Crippen molar-refractivity contribution in [3.8, 4) is 0 Å². The predicted molar refractivity (Wildman–Crippen MR) is 74.0 cm³/mol. The van der Waals surface area contributed by atoms with Gasteiger partial charge in [0.2, 0.25) is 0 Å². The van der Waals surface area contributed by atoms with Crippen LogP contribution < -0.4 is 21.2 Å². The fourth-order valence-corrected chi connectivity index (χ4v) is 4.18.